The van der Waals surface area contributed by atoms with E-state index >= 15 is 0 Å². The van der Waals surface area contributed by atoms with Crippen molar-refractivity contribution in [2.75, 3.05) is 39.3 Å². The van der Waals surface area contributed by atoms with Crippen LogP contribution in [-0.2, 0) is 4.79 Å². The summed E-state index contributed by atoms with van der Waals surface area (Å²) in [5.74, 6) is 0.178. The Hall–Kier alpha value is -0.610. The number of hydrogen-bond donors (Lipinski definition) is 1. The van der Waals surface area contributed by atoms with Gasteiger partial charge in [-0.3, -0.25) is 14.6 Å². The van der Waals surface area contributed by atoms with Gasteiger partial charge in [0.2, 0.25) is 5.91 Å². The van der Waals surface area contributed by atoms with Crippen molar-refractivity contribution >= 4 is 5.91 Å². The second-order valence-corrected chi connectivity index (χ2v) is 5.58. The number of amides is 1. The highest BCUT2D eigenvalue weighted by atomic mass is 16.2. The van der Waals surface area contributed by atoms with Crippen LogP contribution in [0.2, 0.25) is 0 Å². The molecule has 1 amide bonds. The number of piperidine rings is 2. The molecule has 18 heavy (non-hydrogen) atoms. The van der Waals surface area contributed by atoms with E-state index in [-0.39, 0.29) is 5.91 Å². The van der Waals surface area contributed by atoms with E-state index in [2.05, 4.69) is 15.1 Å². The average molecular weight is 253 g/mol. The lowest BCUT2D eigenvalue weighted by molar-refractivity contribution is -0.122. The minimum absolute atomic E-state index is 0.178. The maximum absolute atomic E-state index is 11.6. The van der Waals surface area contributed by atoms with Gasteiger partial charge in [-0.15, -0.1) is 0 Å². The van der Waals surface area contributed by atoms with Crippen LogP contribution in [-0.4, -0.2) is 61.0 Å². The zero-order chi connectivity index (χ0) is 12.8. The topological polar surface area (TPSA) is 35.6 Å². The van der Waals surface area contributed by atoms with E-state index in [1.54, 1.807) is 0 Å². The van der Waals surface area contributed by atoms with Crippen LogP contribution in [0.25, 0.3) is 0 Å². The largest absolute Gasteiger partial charge is 0.355 e. The van der Waals surface area contributed by atoms with E-state index in [1.165, 1.54) is 45.2 Å². The molecular weight excluding hydrogens is 226 g/mol. The molecule has 1 N–H and O–H groups in total. The number of nitrogens with zero attached hydrogens (tertiary/aromatic N) is 2. The summed E-state index contributed by atoms with van der Waals surface area (Å²) in [5, 5.41) is 2.89. The molecule has 0 aromatic rings. The van der Waals surface area contributed by atoms with E-state index in [9.17, 15) is 4.79 Å². The van der Waals surface area contributed by atoms with E-state index in [0.29, 0.717) is 12.6 Å². The molecule has 2 saturated heterocycles. The number of rotatable bonds is 4. The third-order valence-electron chi connectivity index (χ3n) is 4.13. The molecule has 0 bridgehead atoms. The molecule has 0 aromatic heterocycles. The molecule has 4 heteroatoms. The second-order valence-electron chi connectivity index (χ2n) is 5.58. The van der Waals surface area contributed by atoms with Crippen molar-refractivity contribution in [3.63, 3.8) is 0 Å². The zero-order valence-corrected chi connectivity index (χ0v) is 11.7. The van der Waals surface area contributed by atoms with Crippen molar-refractivity contribution in [2.24, 2.45) is 0 Å². The summed E-state index contributed by atoms with van der Waals surface area (Å²) in [6.07, 6.45) is 6.65. The molecule has 2 aliphatic rings. The first-order valence-corrected chi connectivity index (χ1v) is 7.52. The van der Waals surface area contributed by atoms with Crippen molar-refractivity contribution in [2.45, 2.75) is 45.1 Å². The summed E-state index contributed by atoms with van der Waals surface area (Å²) in [5.41, 5.74) is 0. The maximum Gasteiger partial charge on any atom is 0.234 e. The van der Waals surface area contributed by atoms with Crippen molar-refractivity contribution < 1.29 is 4.79 Å². The lowest BCUT2D eigenvalue weighted by Gasteiger charge is -2.40. The van der Waals surface area contributed by atoms with Gasteiger partial charge in [-0.25, -0.2) is 0 Å². The molecule has 0 spiro atoms. The predicted molar refractivity (Wildman–Crippen MR) is 73.6 cm³/mol. The van der Waals surface area contributed by atoms with Crippen molar-refractivity contribution in [1.82, 2.24) is 15.1 Å². The summed E-state index contributed by atoms with van der Waals surface area (Å²) in [4.78, 5) is 16.6. The van der Waals surface area contributed by atoms with Gasteiger partial charge in [0.15, 0.2) is 0 Å². The van der Waals surface area contributed by atoms with Gasteiger partial charge < -0.3 is 5.32 Å². The summed E-state index contributed by atoms with van der Waals surface area (Å²) in [6, 6.07) is 0.688. The minimum atomic E-state index is 0.178. The molecular formula is C14H27N3O. The van der Waals surface area contributed by atoms with Gasteiger partial charge in [0.25, 0.3) is 0 Å². The first-order chi connectivity index (χ1) is 8.79. The lowest BCUT2D eigenvalue weighted by Crippen LogP contribution is -2.51. The van der Waals surface area contributed by atoms with Gasteiger partial charge in [0, 0.05) is 19.1 Å². The standard InChI is InChI=1S/C14H27N3O/c1-2-15-14(18)12-16-8-6-7-13(11-16)17-9-4-3-5-10-17/h13H,2-12H2,1H3,(H,15,18). The van der Waals surface area contributed by atoms with Gasteiger partial charge in [-0.1, -0.05) is 6.42 Å². The van der Waals surface area contributed by atoms with Crippen molar-refractivity contribution in [3.05, 3.63) is 0 Å². The van der Waals surface area contributed by atoms with E-state index in [0.717, 1.165) is 19.6 Å². The Bertz CT molecular complexity index is 264. The van der Waals surface area contributed by atoms with Crippen LogP contribution in [0.15, 0.2) is 0 Å². The number of likely N-dealkylation sites (N-methyl/N-ethyl adjacent to an activating group) is 1. The molecule has 2 rings (SSSR count). The normalized spacial score (nSPS) is 27.1. The van der Waals surface area contributed by atoms with E-state index in [1.807, 2.05) is 6.92 Å². The van der Waals surface area contributed by atoms with Gasteiger partial charge in [-0.2, -0.15) is 0 Å². The summed E-state index contributed by atoms with van der Waals surface area (Å²) >= 11 is 0. The van der Waals surface area contributed by atoms with Crippen LogP contribution in [0.4, 0.5) is 0 Å². The van der Waals surface area contributed by atoms with Crippen LogP contribution in [0.3, 0.4) is 0 Å². The molecule has 1 unspecified atom stereocenters. The number of carbonyl (C=O) groups is 1. The number of nitrogens with one attached hydrogen (secondary N) is 1. The third kappa shape index (κ3) is 3.95. The average Bonchev–Trinajstić information content (AvgIpc) is 2.40. The molecule has 1 atom stereocenters. The predicted octanol–water partition coefficient (Wildman–Crippen LogP) is 1.07. The molecule has 4 nitrogen and oxygen atoms in total. The fourth-order valence-electron chi connectivity index (χ4n) is 3.21. The Labute approximate surface area is 111 Å². The monoisotopic (exact) mass is 253 g/mol. The van der Waals surface area contributed by atoms with Gasteiger partial charge in [0.1, 0.15) is 0 Å². The van der Waals surface area contributed by atoms with Crippen LogP contribution < -0.4 is 5.32 Å². The minimum Gasteiger partial charge on any atom is -0.355 e. The maximum atomic E-state index is 11.6. The van der Waals surface area contributed by atoms with E-state index in [4.69, 9.17) is 0 Å². The molecule has 2 aliphatic heterocycles. The van der Waals surface area contributed by atoms with E-state index < -0.39 is 0 Å². The quantitative estimate of drug-likeness (QED) is 0.814. The smallest absolute Gasteiger partial charge is 0.234 e. The Kier molecular flexibility index (Phi) is 5.45. The van der Waals surface area contributed by atoms with Crippen LogP contribution in [0, 0.1) is 0 Å². The number of carbonyl (C=O) groups excluding carboxylic acids is 1. The second kappa shape index (κ2) is 7.10. The Morgan fingerprint density at radius 3 is 2.67 bits per heavy atom. The molecule has 0 aliphatic carbocycles. The number of hydrogen-bond acceptors (Lipinski definition) is 3. The SMILES string of the molecule is CCNC(=O)CN1CCCC(N2CCCCC2)C1. The molecule has 0 saturated carbocycles. The van der Waals surface area contributed by atoms with Crippen LogP contribution >= 0.6 is 0 Å². The molecule has 2 heterocycles. The Morgan fingerprint density at radius 1 is 1.17 bits per heavy atom. The van der Waals surface area contributed by atoms with Gasteiger partial charge in [-0.05, 0) is 52.2 Å². The fraction of sp³-hybridized carbons (Fsp3) is 0.929. The van der Waals surface area contributed by atoms with Crippen molar-refractivity contribution in [1.29, 1.82) is 0 Å². The summed E-state index contributed by atoms with van der Waals surface area (Å²) in [6.45, 7) is 7.99. The zero-order valence-electron chi connectivity index (χ0n) is 11.7. The van der Waals surface area contributed by atoms with Gasteiger partial charge in [0.05, 0.1) is 6.54 Å². The van der Waals surface area contributed by atoms with Gasteiger partial charge >= 0.3 is 0 Å². The van der Waals surface area contributed by atoms with Crippen molar-refractivity contribution in [3.8, 4) is 0 Å². The highest BCUT2D eigenvalue weighted by Gasteiger charge is 2.26. The molecule has 104 valence electrons. The molecule has 2 fully saturated rings. The number of likely N-dealkylation sites (tertiary alicyclic amines) is 2. The molecule has 0 radical (unpaired) electrons. The fourth-order valence-corrected chi connectivity index (χ4v) is 3.21. The highest BCUT2D eigenvalue weighted by molar-refractivity contribution is 5.77. The third-order valence-corrected chi connectivity index (χ3v) is 4.13. The van der Waals surface area contributed by atoms with Crippen LogP contribution in [0.1, 0.15) is 39.0 Å². The van der Waals surface area contributed by atoms with Crippen LogP contribution in [0.5, 0.6) is 0 Å². The Balaban J connectivity index is 1.78. The highest BCUT2D eigenvalue weighted by Crippen LogP contribution is 2.19. The Morgan fingerprint density at radius 2 is 1.94 bits per heavy atom. The molecule has 0 aromatic carbocycles. The first-order valence-electron chi connectivity index (χ1n) is 7.52. The summed E-state index contributed by atoms with van der Waals surface area (Å²) < 4.78 is 0. The summed E-state index contributed by atoms with van der Waals surface area (Å²) in [7, 11) is 0. The lowest BCUT2D eigenvalue weighted by atomic mass is 10.0. The first kappa shape index (κ1) is 13.8.